The van der Waals surface area contributed by atoms with Crippen molar-refractivity contribution in [3.63, 3.8) is 0 Å². The van der Waals surface area contributed by atoms with Gasteiger partial charge in [-0.15, -0.1) is 10.2 Å². The normalized spacial score (nSPS) is 11.5. The summed E-state index contributed by atoms with van der Waals surface area (Å²) in [5, 5.41) is 17.2. The van der Waals surface area contributed by atoms with Crippen molar-refractivity contribution >= 4 is 10.0 Å². The van der Waals surface area contributed by atoms with Crippen LogP contribution in [0.3, 0.4) is 0 Å². The van der Waals surface area contributed by atoms with Gasteiger partial charge >= 0.3 is 0 Å². The Morgan fingerprint density at radius 3 is 2.39 bits per heavy atom. The van der Waals surface area contributed by atoms with Crippen LogP contribution in [-0.4, -0.2) is 34.0 Å². The molecule has 4 aromatic carbocycles. The van der Waals surface area contributed by atoms with Gasteiger partial charge in [-0.3, -0.25) is 0 Å². The quantitative estimate of drug-likeness (QED) is 0.147. The predicted molar refractivity (Wildman–Crippen MR) is 164 cm³/mol. The van der Waals surface area contributed by atoms with Gasteiger partial charge in [0.1, 0.15) is 28.7 Å². The van der Waals surface area contributed by atoms with Gasteiger partial charge in [-0.05, 0) is 67.1 Å². The summed E-state index contributed by atoms with van der Waals surface area (Å²) in [6.07, 6.45) is 3.42. The van der Waals surface area contributed by atoms with Gasteiger partial charge in [0.25, 0.3) is 0 Å². The number of nitrogens with zero attached hydrogens (tertiary/aromatic N) is 5. The zero-order valence-electron chi connectivity index (χ0n) is 24.2. The fraction of sp³-hybridized carbons (Fsp3) is 0.206. The first kappa shape index (κ1) is 30.7. The largest absolute Gasteiger partial charge is 0.312 e. The van der Waals surface area contributed by atoms with E-state index in [-0.39, 0.29) is 18.7 Å². The first-order valence-corrected chi connectivity index (χ1v) is 15.6. The third-order valence-electron chi connectivity index (χ3n) is 7.38. The number of nitriles is 1. The number of rotatable bonds is 12. The maximum atomic E-state index is 15.6. The van der Waals surface area contributed by atoms with E-state index in [0.29, 0.717) is 36.3 Å². The smallest absolute Gasteiger partial charge is 0.246 e. The molecule has 0 saturated carbocycles. The van der Waals surface area contributed by atoms with E-state index >= 15 is 8.78 Å². The van der Waals surface area contributed by atoms with E-state index in [9.17, 15) is 8.42 Å². The van der Waals surface area contributed by atoms with Crippen LogP contribution in [0.2, 0.25) is 0 Å². The van der Waals surface area contributed by atoms with Gasteiger partial charge in [-0.2, -0.15) is 9.57 Å². The van der Waals surface area contributed by atoms with E-state index in [4.69, 9.17) is 5.26 Å². The summed E-state index contributed by atoms with van der Waals surface area (Å²) in [4.78, 5) is -0.729. The molecule has 0 saturated heterocycles. The maximum Gasteiger partial charge on any atom is 0.246 e. The highest BCUT2D eigenvalue weighted by atomic mass is 32.2. The van der Waals surface area contributed by atoms with Crippen LogP contribution in [-0.2, 0) is 29.5 Å². The van der Waals surface area contributed by atoms with Crippen molar-refractivity contribution in [1.29, 1.82) is 5.26 Å². The molecule has 0 spiro atoms. The zero-order chi connectivity index (χ0) is 31.1. The summed E-state index contributed by atoms with van der Waals surface area (Å²) in [6, 6.07) is 27.6. The Bertz CT molecular complexity index is 1890. The van der Waals surface area contributed by atoms with E-state index in [1.807, 2.05) is 43.3 Å². The molecule has 10 heteroatoms. The van der Waals surface area contributed by atoms with E-state index in [0.717, 1.165) is 39.5 Å². The lowest BCUT2D eigenvalue weighted by molar-refractivity contribution is 0.378. The molecule has 1 aromatic heterocycles. The Morgan fingerprint density at radius 1 is 0.886 bits per heavy atom. The van der Waals surface area contributed by atoms with E-state index < -0.39 is 26.6 Å². The molecule has 5 rings (SSSR count). The number of aryl methyl sites for hydroxylation is 2. The average Bonchev–Trinajstić information content (AvgIpc) is 3.46. The lowest BCUT2D eigenvalue weighted by atomic mass is 10.0. The Labute approximate surface area is 256 Å². The van der Waals surface area contributed by atoms with Crippen LogP contribution in [0.5, 0.6) is 0 Å². The van der Waals surface area contributed by atoms with Gasteiger partial charge in [0.2, 0.25) is 10.0 Å². The van der Waals surface area contributed by atoms with Crippen molar-refractivity contribution in [1.82, 2.24) is 19.1 Å². The molecule has 0 bridgehead atoms. The molecule has 224 valence electrons. The number of halogens is 2. The highest BCUT2D eigenvalue weighted by molar-refractivity contribution is 7.89. The molecule has 5 aromatic rings. The fourth-order valence-corrected chi connectivity index (χ4v) is 6.51. The molecule has 0 aliphatic rings. The summed E-state index contributed by atoms with van der Waals surface area (Å²) in [7, 11) is -4.48. The van der Waals surface area contributed by atoms with Gasteiger partial charge in [-0.1, -0.05) is 72.3 Å². The Balaban J connectivity index is 1.43. The summed E-state index contributed by atoms with van der Waals surface area (Å²) >= 11 is 0. The van der Waals surface area contributed by atoms with Gasteiger partial charge in [0.05, 0.1) is 24.7 Å². The summed E-state index contributed by atoms with van der Waals surface area (Å²) < 4.78 is 61.7. The monoisotopic (exact) mass is 611 g/mol. The minimum Gasteiger partial charge on any atom is -0.312 e. The topological polar surface area (TPSA) is 91.9 Å². The van der Waals surface area contributed by atoms with Crippen LogP contribution in [0.25, 0.3) is 11.1 Å². The van der Waals surface area contributed by atoms with Crippen LogP contribution in [0.1, 0.15) is 40.9 Å². The van der Waals surface area contributed by atoms with Crippen molar-refractivity contribution in [2.24, 2.45) is 0 Å². The minimum absolute atomic E-state index is 0.0123. The molecule has 0 fully saturated rings. The van der Waals surface area contributed by atoms with Gasteiger partial charge in [0, 0.05) is 12.1 Å². The number of aromatic nitrogens is 3. The third-order valence-corrected chi connectivity index (χ3v) is 9.24. The first-order chi connectivity index (χ1) is 21.2. The van der Waals surface area contributed by atoms with Crippen LogP contribution in [0.4, 0.5) is 8.78 Å². The zero-order valence-corrected chi connectivity index (χ0v) is 25.0. The molecule has 0 aliphatic carbocycles. The number of sulfonamides is 1. The average molecular weight is 612 g/mol. The molecule has 0 amide bonds. The van der Waals surface area contributed by atoms with Gasteiger partial charge in [0.15, 0.2) is 0 Å². The maximum absolute atomic E-state index is 15.6. The summed E-state index contributed by atoms with van der Waals surface area (Å²) in [6.45, 7) is 2.06. The van der Waals surface area contributed by atoms with Crippen molar-refractivity contribution in [2.75, 3.05) is 6.54 Å². The molecular weight excluding hydrogens is 580 g/mol. The minimum atomic E-state index is -4.48. The van der Waals surface area contributed by atoms with Crippen LogP contribution >= 0.6 is 0 Å². The summed E-state index contributed by atoms with van der Waals surface area (Å²) in [5.74, 6) is -1.52. The van der Waals surface area contributed by atoms with Gasteiger partial charge < -0.3 is 4.57 Å². The molecule has 1 heterocycles. The third kappa shape index (κ3) is 7.25. The van der Waals surface area contributed by atoms with Crippen molar-refractivity contribution in [2.45, 2.75) is 44.2 Å². The van der Waals surface area contributed by atoms with E-state index in [2.05, 4.69) is 16.3 Å². The Hall–Kier alpha value is -4.72. The van der Waals surface area contributed by atoms with Crippen molar-refractivity contribution in [3.8, 4) is 17.2 Å². The number of benzene rings is 4. The van der Waals surface area contributed by atoms with Crippen molar-refractivity contribution < 1.29 is 17.2 Å². The second-order valence-corrected chi connectivity index (χ2v) is 12.5. The molecule has 7 nitrogen and oxygen atoms in total. The standard InChI is InChI=1S/C34H31F2N5O2S/c1-25-8-7-12-29(18-25)30-19-32(36)33(20-31(30)35)44(42,43)41(17-6-5-11-26-9-3-2-4-10-26)23-34-39-38-24-40(34)22-28-15-13-27(21-37)14-16-28/h2-4,7-10,12-16,18-20,24H,5-6,11,17,22-23H2,1H3. The lowest BCUT2D eigenvalue weighted by Crippen LogP contribution is -2.33. The molecule has 0 N–H and O–H groups in total. The van der Waals surface area contributed by atoms with Crippen LogP contribution in [0.15, 0.2) is 102 Å². The van der Waals surface area contributed by atoms with E-state index in [1.54, 1.807) is 47.0 Å². The Kier molecular flexibility index (Phi) is 9.58. The first-order valence-electron chi connectivity index (χ1n) is 14.2. The SMILES string of the molecule is Cc1cccc(-c2cc(F)c(S(=O)(=O)N(CCCCc3ccccc3)Cc3nncn3Cc3ccc(C#N)cc3)cc2F)c1. The highest BCUT2D eigenvalue weighted by Gasteiger charge is 2.30. The van der Waals surface area contributed by atoms with Crippen LogP contribution in [0, 0.1) is 29.9 Å². The van der Waals surface area contributed by atoms with Crippen LogP contribution < -0.4 is 0 Å². The predicted octanol–water partition coefficient (Wildman–Crippen LogP) is 6.67. The Morgan fingerprint density at radius 2 is 1.66 bits per heavy atom. The lowest BCUT2D eigenvalue weighted by Gasteiger charge is -2.23. The molecule has 0 unspecified atom stereocenters. The number of unbranched alkanes of at least 4 members (excludes halogenated alkanes) is 1. The molecule has 0 radical (unpaired) electrons. The second-order valence-electron chi connectivity index (χ2n) is 10.6. The molecule has 0 atom stereocenters. The van der Waals surface area contributed by atoms with Crippen molar-refractivity contribution in [3.05, 3.63) is 137 Å². The number of hydrogen-bond donors (Lipinski definition) is 0. The number of hydrogen-bond acceptors (Lipinski definition) is 5. The van der Waals surface area contributed by atoms with E-state index in [1.165, 1.54) is 6.33 Å². The van der Waals surface area contributed by atoms with Gasteiger partial charge in [-0.25, -0.2) is 17.2 Å². The summed E-state index contributed by atoms with van der Waals surface area (Å²) in [5.41, 5.74) is 3.82. The fourth-order valence-electron chi connectivity index (χ4n) is 5.02. The second kappa shape index (κ2) is 13.7. The highest BCUT2D eigenvalue weighted by Crippen LogP contribution is 2.30. The molecule has 0 aliphatic heterocycles. The molecule has 44 heavy (non-hydrogen) atoms. The molecular formula is C34H31F2N5O2S.